The van der Waals surface area contributed by atoms with Crippen molar-refractivity contribution in [2.75, 3.05) is 25.7 Å². The monoisotopic (exact) mass is 393 g/mol. The number of amides is 1. The Bertz CT molecular complexity index is 530. The number of halogens is 2. The Hall–Kier alpha value is -1.28. The molecule has 0 aromatic heterocycles. The van der Waals surface area contributed by atoms with Crippen LogP contribution in [-0.2, 0) is 14.3 Å². The van der Waals surface area contributed by atoms with E-state index in [0.717, 1.165) is 0 Å². The molecule has 1 aromatic carbocycles. The summed E-state index contributed by atoms with van der Waals surface area (Å²) in [6, 6.07) is 3.18. The number of hydrogen-bond acceptors (Lipinski definition) is 5. The summed E-state index contributed by atoms with van der Waals surface area (Å²) in [5, 5.41) is 2.56. The van der Waals surface area contributed by atoms with Gasteiger partial charge >= 0.3 is 5.97 Å². The molecular weight excluding hydrogens is 377 g/mol. The van der Waals surface area contributed by atoms with Gasteiger partial charge in [-0.1, -0.05) is 0 Å². The Morgan fingerprint density at radius 3 is 2.77 bits per heavy atom. The molecule has 22 heavy (non-hydrogen) atoms. The Kier molecular flexibility index (Phi) is 8.26. The van der Waals surface area contributed by atoms with Crippen molar-refractivity contribution in [2.45, 2.75) is 12.5 Å². The lowest BCUT2D eigenvalue weighted by Gasteiger charge is -2.16. The van der Waals surface area contributed by atoms with Crippen molar-refractivity contribution in [1.82, 2.24) is 5.32 Å². The van der Waals surface area contributed by atoms with Crippen LogP contribution in [0, 0.1) is 5.82 Å². The van der Waals surface area contributed by atoms with Gasteiger partial charge in [0.2, 0.25) is 0 Å². The summed E-state index contributed by atoms with van der Waals surface area (Å²) in [4.78, 5) is 23.4. The Labute approximate surface area is 141 Å². The van der Waals surface area contributed by atoms with E-state index in [1.807, 2.05) is 6.26 Å². The van der Waals surface area contributed by atoms with Gasteiger partial charge < -0.3 is 14.8 Å². The van der Waals surface area contributed by atoms with Gasteiger partial charge in [0.25, 0.3) is 5.91 Å². The third-order valence-corrected chi connectivity index (χ3v) is 3.95. The first-order valence-electron chi connectivity index (χ1n) is 6.42. The molecule has 1 rings (SSSR count). The van der Waals surface area contributed by atoms with Crippen molar-refractivity contribution >= 4 is 39.6 Å². The number of benzene rings is 1. The lowest BCUT2D eigenvalue weighted by atomic mass is 10.2. The van der Waals surface area contributed by atoms with Gasteiger partial charge in [0.1, 0.15) is 17.6 Å². The molecule has 5 nitrogen and oxygen atoms in total. The predicted molar refractivity (Wildman–Crippen MR) is 86.5 cm³/mol. The molecule has 0 aliphatic heterocycles. The number of carbonyl (C=O) groups is 2. The molecule has 0 fully saturated rings. The van der Waals surface area contributed by atoms with Crippen LogP contribution < -0.4 is 10.1 Å². The number of hydrogen-bond donors (Lipinski definition) is 1. The van der Waals surface area contributed by atoms with Crippen LogP contribution >= 0.6 is 27.7 Å². The number of nitrogens with one attached hydrogen (secondary N) is 1. The number of carbonyl (C=O) groups excluding carboxylic acids is 2. The maximum Gasteiger partial charge on any atom is 0.328 e. The van der Waals surface area contributed by atoms with Crippen molar-refractivity contribution < 1.29 is 23.5 Å². The second-order valence-electron chi connectivity index (χ2n) is 4.29. The van der Waals surface area contributed by atoms with Gasteiger partial charge in [-0.3, -0.25) is 4.79 Å². The van der Waals surface area contributed by atoms with Gasteiger partial charge in [-0.15, -0.1) is 0 Å². The van der Waals surface area contributed by atoms with E-state index in [0.29, 0.717) is 22.4 Å². The average Bonchev–Trinajstić information content (AvgIpc) is 2.49. The SMILES string of the molecule is COC(=O)[C@H](CCSC)NC(=O)COc1ccc(F)cc1Br. The third kappa shape index (κ3) is 6.23. The molecule has 1 amide bonds. The van der Waals surface area contributed by atoms with E-state index in [-0.39, 0.29) is 6.61 Å². The normalized spacial score (nSPS) is 11.6. The summed E-state index contributed by atoms with van der Waals surface area (Å²) >= 11 is 4.71. The van der Waals surface area contributed by atoms with Crippen molar-refractivity contribution in [3.05, 3.63) is 28.5 Å². The van der Waals surface area contributed by atoms with E-state index in [1.54, 1.807) is 11.8 Å². The van der Waals surface area contributed by atoms with E-state index in [2.05, 4.69) is 26.0 Å². The summed E-state index contributed by atoms with van der Waals surface area (Å²) in [5.41, 5.74) is 0. The van der Waals surface area contributed by atoms with Gasteiger partial charge in [0, 0.05) is 0 Å². The molecule has 0 bridgehead atoms. The second-order valence-corrected chi connectivity index (χ2v) is 6.13. The van der Waals surface area contributed by atoms with Gasteiger partial charge in [0.15, 0.2) is 6.61 Å². The van der Waals surface area contributed by atoms with Gasteiger partial charge in [0.05, 0.1) is 11.6 Å². The maximum atomic E-state index is 12.9. The lowest BCUT2D eigenvalue weighted by molar-refractivity contribution is -0.145. The largest absolute Gasteiger partial charge is 0.483 e. The molecular formula is C14H17BrFNO4S. The fraction of sp³-hybridized carbons (Fsp3) is 0.429. The van der Waals surface area contributed by atoms with Gasteiger partial charge in [-0.05, 0) is 52.6 Å². The molecule has 8 heteroatoms. The first-order chi connectivity index (χ1) is 10.5. The van der Waals surface area contributed by atoms with Crippen LogP contribution in [0.25, 0.3) is 0 Å². The molecule has 1 atom stereocenters. The van der Waals surface area contributed by atoms with Crippen LogP contribution in [0.5, 0.6) is 5.75 Å². The molecule has 0 aliphatic rings. The van der Waals surface area contributed by atoms with E-state index in [1.165, 1.54) is 25.3 Å². The highest BCUT2D eigenvalue weighted by Crippen LogP contribution is 2.25. The summed E-state index contributed by atoms with van der Waals surface area (Å²) in [6.07, 6.45) is 2.38. The quantitative estimate of drug-likeness (QED) is 0.686. The smallest absolute Gasteiger partial charge is 0.328 e. The number of esters is 1. The van der Waals surface area contributed by atoms with Gasteiger partial charge in [-0.25, -0.2) is 9.18 Å². The van der Waals surface area contributed by atoms with Crippen LogP contribution in [0.15, 0.2) is 22.7 Å². The van der Waals surface area contributed by atoms with E-state index in [4.69, 9.17) is 4.74 Å². The summed E-state index contributed by atoms with van der Waals surface area (Å²) in [6.45, 7) is -0.281. The summed E-state index contributed by atoms with van der Waals surface area (Å²) in [5.74, 6) is -0.301. The molecule has 0 saturated heterocycles. The highest BCUT2D eigenvalue weighted by molar-refractivity contribution is 9.10. The molecule has 1 aromatic rings. The minimum absolute atomic E-state index is 0.281. The van der Waals surface area contributed by atoms with Crippen LogP contribution in [0.4, 0.5) is 4.39 Å². The van der Waals surface area contributed by atoms with Crippen molar-refractivity contribution in [3.8, 4) is 5.75 Å². The maximum absolute atomic E-state index is 12.9. The summed E-state index contributed by atoms with van der Waals surface area (Å²) < 4.78 is 23.3. The van der Waals surface area contributed by atoms with Crippen molar-refractivity contribution in [2.24, 2.45) is 0 Å². The Morgan fingerprint density at radius 2 is 2.18 bits per heavy atom. The average molecular weight is 394 g/mol. The van der Waals surface area contributed by atoms with Crippen LogP contribution in [0.3, 0.4) is 0 Å². The molecule has 0 aliphatic carbocycles. The topological polar surface area (TPSA) is 64.6 Å². The molecule has 0 spiro atoms. The number of thioether (sulfide) groups is 1. The highest BCUT2D eigenvalue weighted by Gasteiger charge is 2.21. The molecule has 0 saturated carbocycles. The molecule has 1 N–H and O–H groups in total. The van der Waals surface area contributed by atoms with Crippen LogP contribution in [0.1, 0.15) is 6.42 Å². The van der Waals surface area contributed by atoms with E-state index in [9.17, 15) is 14.0 Å². The summed E-state index contributed by atoms with van der Waals surface area (Å²) in [7, 11) is 1.27. The zero-order valence-electron chi connectivity index (χ0n) is 12.2. The Morgan fingerprint density at radius 1 is 1.45 bits per heavy atom. The fourth-order valence-electron chi connectivity index (χ4n) is 1.60. The third-order valence-electron chi connectivity index (χ3n) is 2.68. The molecule has 0 radical (unpaired) electrons. The Balaban J connectivity index is 2.54. The first-order valence-corrected chi connectivity index (χ1v) is 8.60. The second kappa shape index (κ2) is 9.68. The van der Waals surface area contributed by atoms with E-state index >= 15 is 0 Å². The molecule has 122 valence electrons. The zero-order chi connectivity index (χ0) is 16.5. The minimum atomic E-state index is -0.704. The van der Waals surface area contributed by atoms with Gasteiger partial charge in [-0.2, -0.15) is 11.8 Å². The standard InChI is InChI=1S/C14H17BrFNO4S/c1-20-14(19)11(5-6-22-2)17-13(18)8-21-12-4-3-9(16)7-10(12)15/h3-4,7,11H,5-6,8H2,1-2H3,(H,17,18)/t11-/m0/s1. The van der Waals surface area contributed by atoms with Crippen molar-refractivity contribution in [1.29, 1.82) is 0 Å². The molecule has 0 heterocycles. The number of rotatable bonds is 8. The molecule has 0 unspecified atom stereocenters. The number of ether oxygens (including phenoxy) is 2. The minimum Gasteiger partial charge on any atom is -0.483 e. The fourth-order valence-corrected chi connectivity index (χ4v) is 2.54. The highest BCUT2D eigenvalue weighted by atomic mass is 79.9. The lowest BCUT2D eigenvalue weighted by Crippen LogP contribution is -2.43. The van der Waals surface area contributed by atoms with Crippen LogP contribution in [0.2, 0.25) is 0 Å². The van der Waals surface area contributed by atoms with Crippen LogP contribution in [-0.4, -0.2) is 43.6 Å². The van der Waals surface area contributed by atoms with E-state index < -0.39 is 23.7 Å². The number of methoxy groups -OCH3 is 1. The predicted octanol–water partition coefficient (Wildman–Crippen LogP) is 2.38. The zero-order valence-corrected chi connectivity index (χ0v) is 14.6. The van der Waals surface area contributed by atoms with Crippen molar-refractivity contribution in [3.63, 3.8) is 0 Å². The first kappa shape index (κ1) is 18.8.